The highest BCUT2D eigenvalue weighted by molar-refractivity contribution is 7.91. The van der Waals surface area contributed by atoms with Crippen LogP contribution in [0.2, 0.25) is 5.02 Å². The van der Waals surface area contributed by atoms with E-state index in [-0.39, 0.29) is 0 Å². The molecule has 0 aliphatic carbocycles. The van der Waals surface area contributed by atoms with Crippen LogP contribution in [-0.2, 0) is 10.0 Å². The fourth-order valence-electron chi connectivity index (χ4n) is 2.88. The van der Waals surface area contributed by atoms with E-state index in [1.165, 1.54) is 11.3 Å². The minimum atomic E-state index is -3.37. The van der Waals surface area contributed by atoms with Crippen LogP contribution in [0.15, 0.2) is 33.9 Å². The molecule has 1 aliphatic heterocycles. The number of aromatic nitrogens is 1. The number of hydrogen-bond acceptors (Lipinski definition) is 6. The van der Waals surface area contributed by atoms with Gasteiger partial charge in [0.2, 0.25) is 0 Å². The number of thiophene rings is 1. The number of nitrogens with zero attached hydrogens (tertiary/aromatic N) is 3. The van der Waals surface area contributed by atoms with Crippen LogP contribution >= 0.6 is 34.3 Å². The lowest BCUT2D eigenvalue weighted by atomic mass is 10.2. The molecule has 0 N–H and O–H groups in total. The second-order valence-electron chi connectivity index (χ2n) is 5.84. The van der Waals surface area contributed by atoms with Gasteiger partial charge >= 0.3 is 0 Å². The highest BCUT2D eigenvalue weighted by Crippen LogP contribution is 2.34. The average Bonchev–Trinajstić information content (AvgIpc) is 3.28. The number of anilines is 1. The summed E-state index contributed by atoms with van der Waals surface area (Å²) in [5.41, 5.74) is 1.92. The van der Waals surface area contributed by atoms with Crippen LogP contribution in [-0.4, -0.2) is 43.9 Å². The number of rotatable bonds is 3. The lowest BCUT2D eigenvalue weighted by Gasteiger charge is -2.33. The number of thiazole rings is 1. The van der Waals surface area contributed by atoms with Crippen molar-refractivity contribution < 1.29 is 8.42 Å². The van der Waals surface area contributed by atoms with Crippen LogP contribution in [0.1, 0.15) is 5.56 Å². The minimum Gasteiger partial charge on any atom is -0.345 e. The summed E-state index contributed by atoms with van der Waals surface area (Å²) in [6.45, 7) is 4.18. The molecule has 0 unspecified atom stereocenters. The molecule has 3 aromatic rings. The Morgan fingerprint density at radius 3 is 2.60 bits per heavy atom. The van der Waals surface area contributed by atoms with Crippen molar-refractivity contribution in [3.05, 3.63) is 40.2 Å². The molecule has 9 heteroatoms. The first kappa shape index (κ1) is 17.2. The van der Waals surface area contributed by atoms with Crippen molar-refractivity contribution in [3.63, 3.8) is 0 Å². The predicted octanol–water partition coefficient (Wildman–Crippen LogP) is 3.83. The van der Waals surface area contributed by atoms with Crippen molar-refractivity contribution in [1.29, 1.82) is 0 Å². The van der Waals surface area contributed by atoms with Crippen LogP contribution in [0.4, 0.5) is 5.13 Å². The maximum absolute atomic E-state index is 12.6. The summed E-state index contributed by atoms with van der Waals surface area (Å²) in [7, 11) is -3.37. The van der Waals surface area contributed by atoms with Crippen molar-refractivity contribution in [2.24, 2.45) is 0 Å². The normalized spacial score (nSPS) is 16.6. The molecule has 1 fully saturated rings. The largest absolute Gasteiger partial charge is 0.345 e. The van der Waals surface area contributed by atoms with E-state index in [2.05, 4.69) is 4.90 Å². The molecule has 0 spiro atoms. The molecule has 0 radical (unpaired) electrons. The molecule has 1 aromatic carbocycles. The van der Waals surface area contributed by atoms with Gasteiger partial charge in [-0.15, -0.1) is 11.3 Å². The summed E-state index contributed by atoms with van der Waals surface area (Å²) in [5.74, 6) is 0. The number of fused-ring (bicyclic) bond motifs is 1. The van der Waals surface area contributed by atoms with Gasteiger partial charge in [0.25, 0.3) is 10.0 Å². The Hall–Kier alpha value is -1.19. The first-order valence-corrected chi connectivity index (χ1v) is 11.3. The zero-order chi connectivity index (χ0) is 17.6. The Morgan fingerprint density at radius 2 is 1.92 bits per heavy atom. The van der Waals surface area contributed by atoms with Gasteiger partial charge in [0, 0.05) is 31.2 Å². The summed E-state index contributed by atoms with van der Waals surface area (Å²) in [6.07, 6.45) is 0. The first-order chi connectivity index (χ1) is 12.0. The number of sulfonamides is 1. The van der Waals surface area contributed by atoms with Crippen LogP contribution in [0.5, 0.6) is 0 Å². The SMILES string of the molecule is Cc1c(Cl)ccc2sc(N3CCN(S(=O)(=O)c4cccs4)CC3)nc12. The van der Waals surface area contributed by atoms with Gasteiger partial charge in [-0.05, 0) is 36.1 Å². The third kappa shape index (κ3) is 3.06. The van der Waals surface area contributed by atoms with Crippen LogP contribution in [0.25, 0.3) is 10.2 Å². The second kappa shape index (κ2) is 6.51. The average molecular weight is 414 g/mol. The molecule has 25 heavy (non-hydrogen) atoms. The number of hydrogen-bond donors (Lipinski definition) is 0. The molecule has 0 atom stereocenters. The number of piperazine rings is 1. The Kier molecular flexibility index (Phi) is 4.49. The van der Waals surface area contributed by atoms with Crippen molar-refractivity contribution >= 4 is 59.6 Å². The summed E-state index contributed by atoms with van der Waals surface area (Å²) in [5, 5.41) is 3.43. The maximum Gasteiger partial charge on any atom is 0.252 e. The van der Waals surface area contributed by atoms with E-state index in [1.54, 1.807) is 33.2 Å². The Bertz CT molecular complexity index is 1010. The topological polar surface area (TPSA) is 53.5 Å². The third-order valence-electron chi connectivity index (χ3n) is 4.33. The van der Waals surface area contributed by atoms with Crippen LogP contribution in [0.3, 0.4) is 0 Å². The van der Waals surface area contributed by atoms with Crippen molar-refractivity contribution in [2.45, 2.75) is 11.1 Å². The minimum absolute atomic E-state index is 0.409. The lowest BCUT2D eigenvalue weighted by Crippen LogP contribution is -2.48. The third-order valence-corrected chi connectivity index (χ3v) is 9.10. The molecular weight excluding hydrogens is 398 g/mol. The van der Waals surface area contributed by atoms with Crippen molar-refractivity contribution in [3.8, 4) is 0 Å². The monoisotopic (exact) mass is 413 g/mol. The van der Waals surface area contributed by atoms with E-state index in [1.807, 2.05) is 19.1 Å². The van der Waals surface area contributed by atoms with E-state index < -0.39 is 10.0 Å². The van der Waals surface area contributed by atoms with Crippen LogP contribution in [0, 0.1) is 6.92 Å². The number of halogens is 1. The highest BCUT2D eigenvalue weighted by atomic mass is 35.5. The van der Waals surface area contributed by atoms with Gasteiger partial charge in [-0.3, -0.25) is 0 Å². The van der Waals surface area contributed by atoms with Crippen LogP contribution < -0.4 is 4.90 Å². The molecule has 0 amide bonds. The van der Waals surface area contributed by atoms with E-state index in [0.29, 0.717) is 30.4 Å². The maximum atomic E-state index is 12.6. The summed E-state index contributed by atoms with van der Waals surface area (Å²) in [4.78, 5) is 6.88. The summed E-state index contributed by atoms with van der Waals surface area (Å²) in [6, 6.07) is 7.31. The van der Waals surface area contributed by atoms with E-state index in [4.69, 9.17) is 16.6 Å². The number of aryl methyl sites for hydroxylation is 1. The van der Waals surface area contributed by atoms with Gasteiger partial charge in [-0.25, -0.2) is 13.4 Å². The zero-order valence-electron chi connectivity index (χ0n) is 13.5. The van der Waals surface area contributed by atoms with Gasteiger partial charge in [0.05, 0.1) is 10.2 Å². The molecule has 2 aromatic heterocycles. The first-order valence-electron chi connectivity index (χ1n) is 7.81. The summed E-state index contributed by atoms with van der Waals surface area (Å²) < 4.78 is 28.3. The van der Waals surface area contributed by atoms with E-state index in [0.717, 1.165) is 25.9 Å². The zero-order valence-corrected chi connectivity index (χ0v) is 16.7. The fraction of sp³-hybridized carbons (Fsp3) is 0.312. The van der Waals surface area contributed by atoms with Gasteiger partial charge in [0.15, 0.2) is 5.13 Å². The Morgan fingerprint density at radius 1 is 1.16 bits per heavy atom. The van der Waals surface area contributed by atoms with E-state index in [9.17, 15) is 8.42 Å². The number of benzene rings is 1. The Balaban J connectivity index is 1.53. The van der Waals surface area contributed by atoms with Gasteiger partial charge in [0.1, 0.15) is 4.21 Å². The molecule has 4 rings (SSSR count). The van der Waals surface area contributed by atoms with E-state index >= 15 is 0 Å². The molecule has 0 saturated carbocycles. The molecule has 1 aliphatic rings. The molecule has 1 saturated heterocycles. The quantitative estimate of drug-likeness (QED) is 0.654. The smallest absolute Gasteiger partial charge is 0.252 e. The molecular formula is C16H16ClN3O2S3. The predicted molar refractivity (Wildman–Crippen MR) is 105 cm³/mol. The molecule has 0 bridgehead atoms. The molecule has 3 heterocycles. The van der Waals surface area contributed by atoms with Gasteiger partial charge in [-0.2, -0.15) is 4.31 Å². The van der Waals surface area contributed by atoms with Gasteiger partial charge < -0.3 is 4.90 Å². The van der Waals surface area contributed by atoms with Crippen molar-refractivity contribution in [1.82, 2.24) is 9.29 Å². The second-order valence-corrected chi connectivity index (χ2v) is 10.4. The Labute approximate surface area is 159 Å². The standard InChI is InChI=1S/C16H16ClN3O2S3/c1-11-12(17)4-5-13-15(11)18-16(24-13)19-6-8-20(9-7-19)25(21,22)14-3-2-10-23-14/h2-5,10H,6-9H2,1H3. The van der Waals surface area contributed by atoms with Gasteiger partial charge in [-0.1, -0.05) is 29.0 Å². The van der Waals surface area contributed by atoms with Crippen molar-refractivity contribution in [2.75, 3.05) is 31.1 Å². The summed E-state index contributed by atoms with van der Waals surface area (Å²) >= 11 is 9.06. The highest BCUT2D eigenvalue weighted by Gasteiger charge is 2.30. The fourth-order valence-corrected chi connectivity index (χ4v) is 6.68. The lowest BCUT2D eigenvalue weighted by molar-refractivity contribution is 0.386. The molecule has 5 nitrogen and oxygen atoms in total. The molecule has 132 valence electrons.